The van der Waals surface area contributed by atoms with Crippen molar-refractivity contribution in [3.63, 3.8) is 0 Å². The number of phosphoric acid groups is 1. The molecule has 0 atom stereocenters. The van der Waals surface area contributed by atoms with Crippen LogP contribution in [0.5, 0.6) is 0 Å². The monoisotopic (exact) mass is 193 g/mol. The molecule has 0 aromatic rings. The van der Waals surface area contributed by atoms with E-state index in [1.807, 2.05) is 0 Å². The summed E-state index contributed by atoms with van der Waals surface area (Å²) in [6, 6.07) is 0. The van der Waals surface area contributed by atoms with E-state index in [9.17, 15) is 0 Å². The van der Waals surface area contributed by atoms with Crippen molar-refractivity contribution in [1.29, 1.82) is 0 Å². The molecule has 1 N–H and O–H groups in total. The molecule has 0 aromatic carbocycles. The van der Waals surface area contributed by atoms with Gasteiger partial charge in [0.25, 0.3) is 0 Å². The minimum Gasteiger partial charge on any atom is -1.00 e. The van der Waals surface area contributed by atoms with Crippen molar-refractivity contribution in [3.05, 3.63) is 0 Å². The van der Waals surface area contributed by atoms with Crippen molar-refractivity contribution in [2.75, 3.05) is 0 Å². The predicted molar refractivity (Wildman–Crippen MR) is 9.83 cm³/mol. The Morgan fingerprint density at radius 2 is 1.38 bits per heavy atom. The zero-order chi connectivity index (χ0) is 4.50. The molecule has 0 aliphatic carbocycles. The summed E-state index contributed by atoms with van der Waals surface area (Å²) in [5.74, 6) is 0. The summed E-state index contributed by atoms with van der Waals surface area (Å²) < 4.78 is 8.66. The van der Waals surface area contributed by atoms with Crippen LogP contribution in [-0.2, 0) is 21.6 Å². The molecular weight excluding hydrogens is 192 g/mol. The Morgan fingerprint density at radius 1 is 1.38 bits per heavy atom. The molecule has 45 valence electrons. The first kappa shape index (κ1) is 22.7. The predicted octanol–water partition coefficient (Wildman–Crippen LogP) is -8.19. The fourth-order valence-corrected chi connectivity index (χ4v) is 0. The molecule has 0 aromatic heterocycles. The van der Waals surface area contributed by atoms with Gasteiger partial charge >= 0.3 is 35.9 Å². The molecule has 0 heterocycles. The van der Waals surface area contributed by atoms with Gasteiger partial charge in [-0.05, 0) is 0 Å². The second-order valence-corrected chi connectivity index (χ2v) is 1.41. The largest absolute Gasteiger partial charge is 2.00 e. The van der Waals surface area contributed by atoms with Gasteiger partial charge < -0.3 is 31.7 Å². The molecule has 8 heavy (non-hydrogen) atoms. The smallest absolute Gasteiger partial charge is 1.00 e. The minimum atomic E-state index is -5.14. The Labute approximate surface area is 75.4 Å². The van der Waals surface area contributed by atoms with Crippen molar-refractivity contribution in [3.8, 4) is 0 Å². The van der Waals surface area contributed by atoms with Crippen molar-refractivity contribution >= 4 is 7.82 Å². The van der Waals surface area contributed by atoms with Gasteiger partial charge in [0, 0.05) is 0 Å². The van der Waals surface area contributed by atoms with E-state index < -0.39 is 7.82 Å². The fourth-order valence-electron chi connectivity index (χ4n) is 0. The van der Waals surface area contributed by atoms with E-state index >= 15 is 0 Å². The molecule has 0 saturated carbocycles. The second-order valence-electron chi connectivity index (χ2n) is 0.469. The molecular formula is HClLiMnO4P. The van der Waals surface area contributed by atoms with Gasteiger partial charge in [0.05, 0.1) is 7.82 Å². The maximum Gasteiger partial charge on any atom is 2.00 e. The van der Waals surface area contributed by atoms with E-state index in [2.05, 4.69) is 0 Å². The first-order valence-corrected chi connectivity index (χ1v) is 2.24. The first-order valence-electron chi connectivity index (χ1n) is 0.748. The molecule has 0 aliphatic heterocycles. The Balaban J connectivity index is -0.0000000267. The van der Waals surface area contributed by atoms with Crippen LogP contribution in [0.3, 0.4) is 0 Å². The maximum absolute atomic E-state index is 8.66. The third-order valence-electron chi connectivity index (χ3n) is 0. The van der Waals surface area contributed by atoms with Gasteiger partial charge in [0.1, 0.15) is 0 Å². The standard InChI is InChI=1S/ClH.Li.Mn.H3O4P/c;;;1-5(2,3)4/h1H;;;(H3,1,2,3,4)/q;+1;+2;/p-3. The van der Waals surface area contributed by atoms with Crippen molar-refractivity contribution < 1.29 is 67.6 Å². The Kier molecular flexibility index (Phi) is 24.1. The molecule has 0 aliphatic rings. The second kappa shape index (κ2) is 8.52. The van der Waals surface area contributed by atoms with Crippen molar-refractivity contribution in [2.45, 2.75) is 0 Å². The molecule has 0 rings (SSSR count). The summed E-state index contributed by atoms with van der Waals surface area (Å²) in [5, 5.41) is 0. The number of hydrogen-bond acceptors (Lipinski definition) is 3. The van der Waals surface area contributed by atoms with Crippen LogP contribution in [0.25, 0.3) is 0 Å². The van der Waals surface area contributed by atoms with Gasteiger partial charge in [-0.2, -0.15) is 0 Å². The quantitative estimate of drug-likeness (QED) is 0.306. The van der Waals surface area contributed by atoms with E-state index in [0.717, 1.165) is 0 Å². The summed E-state index contributed by atoms with van der Waals surface area (Å²) in [6.45, 7) is 0. The summed E-state index contributed by atoms with van der Waals surface area (Å²) in [5.41, 5.74) is 0. The first-order chi connectivity index (χ1) is 2.00. The van der Waals surface area contributed by atoms with Gasteiger partial charge in [0.2, 0.25) is 0 Å². The van der Waals surface area contributed by atoms with Crippen LogP contribution in [-0.4, -0.2) is 4.89 Å². The topological polar surface area (TPSA) is 83.4 Å². The third-order valence-corrected chi connectivity index (χ3v) is 0. The SMILES string of the molecule is O=P([O-])([O-])O.[Cl-].[Li+].[Mn+2]. The molecule has 0 spiro atoms. The number of hydrogen-bond donors (Lipinski definition) is 1. The van der Waals surface area contributed by atoms with Gasteiger partial charge in [-0.25, -0.2) is 0 Å². The Morgan fingerprint density at radius 3 is 1.38 bits per heavy atom. The van der Waals surface area contributed by atoms with E-state index in [-0.39, 0.29) is 48.3 Å². The minimum absolute atomic E-state index is 0. The van der Waals surface area contributed by atoms with Crippen LogP contribution in [0.15, 0.2) is 0 Å². The van der Waals surface area contributed by atoms with Crippen LogP contribution in [0.1, 0.15) is 0 Å². The molecule has 1 radical (unpaired) electrons. The van der Waals surface area contributed by atoms with E-state index in [0.29, 0.717) is 0 Å². The van der Waals surface area contributed by atoms with Crippen LogP contribution >= 0.6 is 7.82 Å². The summed E-state index contributed by atoms with van der Waals surface area (Å²) in [7, 11) is -5.14. The normalized spacial score (nSPS) is 7.38. The van der Waals surface area contributed by atoms with Crippen LogP contribution in [0.4, 0.5) is 0 Å². The summed E-state index contributed by atoms with van der Waals surface area (Å²) >= 11 is 0. The Hall–Kier alpha value is 1.52. The fraction of sp³-hybridized carbons (Fsp3) is 0. The molecule has 0 unspecified atom stereocenters. The third kappa shape index (κ3) is 139. The van der Waals surface area contributed by atoms with Gasteiger partial charge in [-0.15, -0.1) is 0 Å². The molecule has 0 saturated heterocycles. The average Bonchev–Trinajstić information content (AvgIpc) is 0.722. The van der Waals surface area contributed by atoms with Crippen LogP contribution < -0.4 is 41.1 Å². The van der Waals surface area contributed by atoms with Gasteiger partial charge in [-0.3, -0.25) is 0 Å². The van der Waals surface area contributed by atoms with E-state index in [1.54, 1.807) is 0 Å². The van der Waals surface area contributed by atoms with Crippen LogP contribution in [0.2, 0.25) is 0 Å². The molecule has 0 amide bonds. The number of rotatable bonds is 0. The molecule has 0 bridgehead atoms. The van der Waals surface area contributed by atoms with Crippen molar-refractivity contribution in [2.24, 2.45) is 0 Å². The van der Waals surface area contributed by atoms with Crippen LogP contribution in [0, 0.1) is 0 Å². The summed E-state index contributed by atoms with van der Waals surface area (Å²) in [4.78, 5) is 24.3. The molecule has 0 fully saturated rings. The maximum atomic E-state index is 8.66. The Bertz CT molecular complexity index is 62.2. The number of halogens is 1. The zero-order valence-corrected chi connectivity index (χ0v) is 6.71. The van der Waals surface area contributed by atoms with Gasteiger partial charge in [-0.1, -0.05) is 0 Å². The summed E-state index contributed by atoms with van der Waals surface area (Å²) in [6.07, 6.45) is 0. The van der Waals surface area contributed by atoms with E-state index in [1.165, 1.54) is 0 Å². The van der Waals surface area contributed by atoms with Gasteiger partial charge in [0.15, 0.2) is 0 Å². The van der Waals surface area contributed by atoms with Crippen molar-refractivity contribution in [1.82, 2.24) is 0 Å². The molecule has 4 nitrogen and oxygen atoms in total. The zero-order valence-electron chi connectivity index (χ0n) is 3.88. The average molecular weight is 193 g/mol. The molecule has 8 heteroatoms. The van der Waals surface area contributed by atoms with E-state index in [4.69, 9.17) is 19.2 Å².